The molecule has 152 valence electrons. The smallest absolute Gasteiger partial charge is 0.311 e. The summed E-state index contributed by atoms with van der Waals surface area (Å²) in [4.78, 5) is 24.6. The van der Waals surface area contributed by atoms with E-state index in [2.05, 4.69) is 5.32 Å². The average Bonchev–Trinajstić information content (AvgIpc) is 3.13. The van der Waals surface area contributed by atoms with Gasteiger partial charge in [-0.25, -0.2) is 8.78 Å². The molecule has 0 aliphatic rings. The monoisotopic (exact) mass is 409 g/mol. The number of hydrogen-bond donors (Lipinski definition) is 1. The van der Waals surface area contributed by atoms with Crippen LogP contribution in [-0.4, -0.2) is 18.0 Å². The Hall–Kier alpha value is -3.74. The van der Waals surface area contributed by atoms with Crippen molar-refractivity contribution in [2.24, 2.45) is 0 Å². The Kier molecular flexibility index (Phi) is 5.18. The predicted octanol–water partition coefficient (Wildman–Crippen LogP) is 4.98. The van der Waals surface area contributed by atoms with Gasteiger partial charge in [0.1, 0.15) is 17.2 Å². The Morgan fingerprint density at radius 1 is 1.10 bits per heavy atom. The van der Waals surface area contributed by atoms with Crippen molar-refractivity contribution in [2.75, 3.05) is 5.32 Å². The minimum atomic E-state index is -1.17. The van der Waals surface area contributed by atoms with Gasteiger partial charge >= 0.3 is 5.97 Å². The molecule has 0 aliphatic carbocycles. The Labute approximate surface area is 170 Å². The largest absolute Gasteiger partial charge is 0.464 e. The van der Waals surface area contributed by atoms with E-state index in [1.54, 1.807) is 0 Å². The molecule has 4 rings (SSSR count). The number of nitrogens with one attached hydrogen (secondary N) is 1. The number of esters is 1. The van der Waals surface area contributed by atoms with Crippen molar-refractivity contribution >= 4 is 39.3 Å². The van der Waals surface area contributed by atoms with Crippen LogP contribution in [0.25, 0.3) is 21.7 Å². The number of ether oxygens (including phenoxy) is 1. The Balaban J connectivity index is 1.47. The van der Waals surface area contributed by atoms with Crippen molar-refractivity contribution in [3.8, 4) is 0 Å². The molecule has 4 aromatic rings. The summed E-state index contributed by atoms with van der Waals surface area (Å²) in [5.74, 6) is -3.03. The van der Waals surface area contributed by atoms with Crippen LogP contribution in [0.4, 0.5) is 14.5 Å². The van der Waals surface area contributed by atoms with Gasteiger partial charge in [0.05, 0.1) is 18.4 Å². The lowest BCUT2D eigenvalue weighted by atomic mass is 10.0. The van der Waals surface area contributed by atoms with Gasteiger partial charge in [0.2, 0.25) is 0 Å². The molecule has 1 atom stereocenters. The molecule has 3 aromatic carbocycles. The number of benzene rings is 3. The SMILES string of the molecule is C[C@H](OC(=O)Cc1coc2ccc3ccccc3c12)C(=O)Nc1ccc(F)cc1F. The zero-order valence-corrected chi connectivity index (χ0v) is 15.9. The van der Waals surface area contributed by atoms with E-state index in [4.69, 9.17) is 9.15 Å². The molecule has 0 spiro atoms. The van der Waals surface area contributed by atoms with E-state index in [1.807, 2.05) is 36.4 Å². The van der Waals surface area contributed by atoms with Gasteiger partial charge in [0.15, 0.2) is 6.10 Å². The molecule has 0 saturated carbocycles. The molecule has 7 heteroatoms. The summed E-state index contributed by atoms with van der Waals surface area (Å²) in [6.07, 6.45) is 0.234. The van der Waals surface area contributed by atoms with Crippen molar-refractivity contribution in [1.82, 2.24) is 0 Å². The second-order valence-electron chi connectivity index (χ2n) is 6.84. The summed E-state index contributed by atoms with van der Waals surface area (Å²) in [5.41, 5.74) is 1.09. The standard InChI is InChI=1S/C23H17F2NO4/c1-13(23(28)26-19-8-7-16(24)11-18(19)25)30-21(27)10-15-12-29-20-9-6-14-4-2-3-5-17(14)22(15)20/h2-9,11-13H,10H2,1H3,(H,26,28)/t13-/m0/s1. The average molecular weight is 409 g/mol. The minimum absolute atomic E-state index is 0.0937. The van der Waals surface area contributed by atoms with Crippen LogP contribution in [0.1, 0.15) is 12.5 Å². The summed E-state index contributed by atoms with van der Waals surface area (Å²) < 4.78 is 37.4. The van der Waals surface area contributed by atoms with Gasteiger partial charge in [-0.05, 0) is 35.9 Å². The summed E-state index contributed by atoms with van der Waals surface area (Å²) in [7, 11) is 0. The van der Waals surface area contributed by atoms with E-state index in [1.165, 1.54) is 13.2 Å². The molecule has 1 amide bonds. The van der Waals surface area contributed by atoms with E-state index in [-0.39, 0.29) is 12.1 Å². The zero-order chi connectivity index (χ0) is 21.3. The number of hydrogen-bond acceptors (Lipinski definition) is 4. The van der Waals surface area contributed by atoms with E-state index in [9.17, 15) is 18.4 Å². The number of rotatable bonds is 5. The zero-order valence-electron chi connectivity index (χ0n) is 15.9. The summed E-state index contributed by atoms with van der Waals surface area (Å²) >= 11 is 0. The fourth-order valence-corrected chi connectivity index (χ4v) is 3.28. The highest BCUT2D eigenvalue weighted by Crippen LogP contribution is 2.30. The van der Waals surface area contributed by atoms with Crippen LogP contribution in [-0.2, 0) is 20.7 Å². The molecular weight excluding hydrogens is 392 g/mol. The maximum absolute atomic E-state index is 13.7. The number of halogens is 2. The lowest BCUT2D eigenvalue weighted by molar-refractivity contribution is -0.152. The summed E-state index contributed by atoms with van der Waals surface area (Å²) in [6, 6.07) is 14.3. The van der Waals surface area contributed by atoms with Crippen LogP contribution in [0, 0.1) is 11.6 Å². The Bertz CT molecular complexity index is 1260. The molecule has 0 radical (unpaired) electrons. The maximum atomic E-state index is 13.7. The first kappa shape index (κ1) is 19.6. The Morgan fingerprint density at radius 3 is 2.70 bits per heavy atom. The number of amides is 1. The van der Waals surface area contributed by atoms with E-state index in [0.29, 0.717) is 17.2 Å². The van der Waals surface area contributed by atoms with Crippen molar-refractivity contribution < 1.29 is 27.5 Å². The molecule has 5 nitrogen and oxygen atoms in total. The number of carbonyl (C=O) groups is 2. The molecule has 0 saturated heterocycles. The fourth-order valence-electron chi connectivity index (χ4n) is 3.28. The first-order valence-electron chi connectivity index (χ1n) is 9.25. The molecule has 0 fully saturated rings. The molecule has 1 heterocycles. The van der Waals surface area contributed by atoms with E-state index in [0.717, 1.165) is 28.3 Å². The van der Waals surface area contributed by atoms with Gasteiger partial charge in [-0.2, -0.15) is 0 Å². The van der Waals surface area contributed by atoms with Crippen LogP contribution >= 0.6 is 0 Å². The van der Waals surface area contributed by atoms with Gasteiger partial charge in [-0.1, -0.05) is 30.3 Å². The normalized spacial score (nSPS) is 12.1. The third-order valence-corrected chi connectivity index (χ3v) is 4.74. The Morgan fingerprint density at radius 2 is 1.90 bits per heavy atom. The third kappa shape index (κ3) is 3.87. The van der Waals surface area contributed by atoms with Crippen LogP contribution < -0.4 is 5.32 Å². The molecule has 1 aromatic heterocycles. The number of fused-ring (bicyclic) bond motifs is 3. The highest BCUT2D eigenvalue weighted by Gasteiger charge is 2.21. The van der Waals surface area contributed by atoms with Gasteiger partial charge in [-0.3, -0.25) is 9.59 Å². The molecular formula is C23H17F2NO4. The number of anilines is 1. The lowest BCUT2D eigenvalue weighted by Gasteiger charge is -2.14. The number of furan rings is 1. The fraction of sp³-hybridized carbons (Fsp3) is 0.130. The van der Waals surface area contributed by atoms with Gasteiger partial charge in [0, 0.05) is 17.0 Å². The summed E-state index contributed by atoms with van der Waals surface area (Å²) in [5, 5.41) is 5.05. The quantitative estimate of drug-likeness (QED) is 0.472. The van der Waals surface area contributed by atoms with Crippen LogP contribution in [0.15, 0.2) is 65.3 Å². The van der Waals surface area contributed by atoms with Gasteiger partial charge < -0.3 is 14.5 Å². The first-order valence-corrected chi connectivity index (χ1v) is 9.25. The molecule has 0 bridgehead atoms. The van der Waals surface area contributed by atoms with E-state index >= 15 is 0 Å². The minimum Gasteiger partial charge on any atom is -0.464 e. The van der Waals surface area contributed by atoms with Crippen LogP contribution in [0.2, 0.25) is 0 Å². The molecule has 30 heavy (non-hydrogen) atoms. The number of carbonyl (C=O) groups excluding carboxylic acids is 2. The molecule has 1 N–H and O–H groups in total. The van der Waals surface area contributed by atoms with Crippen molar-refractivity contribution in [3.63, 3.8) is 0 Å². The highest BCUT2D eigenvalue weighted by molar-refractivity contribution is 6.08. The summed E-state index contributed by atoms with van der Waals surface area (Å²) in [6.45, 7) is 1.37. The van der Waals surface area contributed by atoms with Gasteiger partial charge in [-0.15, -0.1) is 0 Å². The van der Waals surface area contributed by atoms with Crippen molar-refractivity contribution in [2.45, 2.75) is 19.4 Å². The van der Waals surface area contributed by atoms with Crippen molar-refractivity contribution in [3.05, 3.63) is 78.1 Å². The lowest BCUT2D eigenvalue weighted by Crippen LogP contribution is -2.30. The topological polar surface area (TPSA) is 68.5 Å². The second kappa shape index (κ2) is 7.94. The first-order chi connectivity index (χ1) is 14.4. The maximum Gasteiger partial charge on any atom is 0.311 e. The van der Waals surface area contributed by atoms with Crippen molar-refractivity contribution in [1.29, 1.82) is 0 Å². The van der Waals surface area contributed by atoms with Gasteiger partial charge in [0.25, 0.3) is 5.91 Å². The highest BCUT2D eigenvalue weighted by atomic mass is 19.1. The van der Waals surface area contributed by atoms with Crippen LogP contribution in [0.3, 0.4) is 0 Å². The third-order valence-electron chi connectivity index (χ3n) is 4.74. The van der Waals surface area contributed by atoms with E-state index < -0.39 is 29.6 Å². The van der Waals surface area contributed by atoms with Crippen LogP contribution in [0.5, 0.6) is 0 Å². The molecule has 0 unspecified atom stereocenters. The second-order valence-corrected chi connectivity index (χ2v) is 6.84. The predicted molar refractivity (Wildman–Crippen MR) is 108 cm³/mol. The molecule has 0 aliphatic heterocycles.